The Kier molecular flexibility index (Phi) is 3.12. The molecule has 0 aliphatic carbocycles. The number of nitrogen functional groups attached to an aromatic ring is 1. The molecule has 2 N–H and O–H groups in total. The van der Waals surface area contributed by atoms with Gasteiger partial charge in [-0.05, 0) is 32.0 Å². The molecule has 2 nitrogen and oxygen atoms in total. The van der Waals surface area contributed by atoms with Gasteiger partial charge < -0.3 is 10.6 Å². The molecule has 1 aromatic rings. The molecule has 0 spiro atoms. The van der Waals surface area contributed by atoms with E-state index in [0.29, 0.717) is 5.69 Å². The fourth-order valence-electron chi connectivity index (χ4n) is 1.35. The van der Waals surface area contributed by atoms with Crippen molar-refractivity contribution in [3.05, 3.63) is 24.0 Å². The van der Waals surface area contributed by atoms with Crippen molar-refractivity contribution in [2.75, 3.05) is 23.7 Å². The Labute approximate surface area is 78.2 Å². The second-order valence-electron chi connectivity index (χ2n) is 2.88. The number of nitrogens with two attached hydrogens (primary N) is 1. The van der Waals surface area contributed by atoms with Crippen LogP contribution in [0.25, 0.3) is 0 Å². The first-order chi connectivity index (χ1) is 6.19. The molecule has 72 valence electrons. The summed E-state index contributed by atoms with van der Waals surface area (Å²) in [6.07, 6.45) is 0. The van der Waals surface area contributed by atoms with Crippen molar-refractivity contribution in [3.63, 3.8) is 0 Å². The zero-order valence-electron chi connectivity index (χ0n) is 8.05. The Morgan fingerprint density at radius 2 is 1.92 bits per heavy atom. The first-order valence-corrected chi connectivity index (χ1v) is 4.49. The number of hydrogen-bond acceptors (Lipinski definition) is 2. The van der Waals surface area contributed by atoms with Gasteiger partial charge in [-0.1, -0.05) is 0 Å². The van der Waals surface area contributed by atoms with Gasteiger partial charge in [0.15, 0.2) is 0 Å². The zero-order chi connectivity index (χ0) is 9.84. The van der Waals surface area contributed by atoms with E-state index in [1.165, 1.54) is 12.1 Å². The molecular weight excluding hydrogens is 167 g/mol. The number of rotatable bonds is 3. The quantitative estimate of drug-likeness (QED) is 0.726. The van der Waals surface area contributed by atoms with Crippen LogP contribution in [0.4, 0.5) is 15.8 Å². The Hall–Kier alpha value is -1.25. The normalized spacial score (nSPS) is 10.1. The van der Waals surface area contributed by atoms with Gasteiger partial charge >= 0.3 is 0 Å². The number of anilines is 2. The van der Waals surface area contributed by atoms with E-state index in [2.05, 4.69) is 0 Å². The average Bonchev–Trinajstić information content (AvgIpc) is 2.13. The number of halogens is 1. The third kappa shape index (κ3) is 2.11. The zero-order valence-corrected chi connectivity index (χ0v) is 8.05. The average molecular weight is 182 g/mol. The minimum absolute atomic E-state index is 0.240. The van der Waals surface area contributed by atoms with E-state index in [-0.39, 0.29) is 5.82 Å². The molecule has 0 aliphatic heterocycles. The van der Waals surface area contributed by atoms with Crippen molar-refractivity contribution in [2.45, 2.75) is 13.8 Å². The maximum absolute atomic E-state index is 12.9. The van der Waals surface area contributed by atoms with E-state index in [0.717, 1.165) is 18.8 Å². The van der Waals surface area contributed by atoms with Crippen molar-refractivity contribution in [1.82, 2.24) is 0 Å². The molecule has 0 saturated carbocycles. The molecule has 0 atom stereocenters. The van der Waals surface area contributed by atoms with Crippen LogP contribution in [-0.4, -0.2) is 13.1 Å². The van der Waals surface area contributed by atoms with Crippen molar-refractivity contribution >= 4 is 11.4 Å². The van der Waals surface area contributed by atoms with Crippen molar-refractivity contribution in [2.24, 2.45) is 0 Å². The predicted molar refractivity (Wildman–Crippen MR) is 54.4 cm³/mol. The summed E-state index contributed by atoms with van der Waals surface area (Å²) < 4.78 is 12.9. The molecule has 0 heterocycles. The Morgan fingerprint density at radius 3 is 2.46 bits per heavy atom. The van der Waals surface area contributed by atoms with Gasteiger partial charge in [-0.15, -0.1) is 0 Å². The van der Waals surface area contributed by atoms with Crippen LogP contribution < -0.4 is 10.6 Å². The van der Waals surface area contributed by atoms with Crippen molar-refractivity contribution in [3.8, 4) is 0 Å². The lowest BCUT2D eigenvalue weighted by Crippen LogP contribution is -2.23. The van der Waals surface area contributed by atoms with Crippen molar-refractivity contribution in [1.29, 1.82) is 0 Å². The Morgan fingerprint density at radius 1 is 1.31 bits per heavy atom. The lowest BCUT2D eigenvalue weighted by molar-refractivity contribution is 0.627. The molecule has 13 heavy (non-hydrogen) atoms. The van der Waals surface area contributed by atoms with Gasteiger partial charge in [-0.25, -0.2) is 4.39 Å². The maximum Gasteiger partial charge on any atom is 0.125 e. The van der Waals surface area contributed by atoms with Crippen LogP contribution in [0.2, 0.25) is 0 Å². The summed E-state index contributed by atoms with van der Waals surface area (Å²) in [5.41, 5.74) is 7.15. The van der Waals surface area contributed by atoms with Gasteiger partial charge in [0.25, 0.3) is 0 Å². The highest BCUT2D eigenvalue weighted by molar-refractivity contribution is 5.67. The maximum atomic E-state index is 12.9. The summed E-state index contributed by atoms with van der Waals surface area (Å²) in [7, 11) is 0. The highest BCUT2D eigenvalue weighted by Gasteiger charge is 2.06. The Bertz CT molecular complexity index is 282. The van der Waals surface area contributed by atoms with E-state index in [1.54, 1.807) is 6.07 Å². The van der Waals surface area contributed by atoms with E-state index >= 15 is 0 Å². The van der Waals surface area contributed by atoms with Gasteiger partial charge in [0.1, 0.15) is 5.82 Å². The molecule has 3 heteroatoms. The smallest absolute Gasteiger partial charge is 0.125 e. The second kappa shape index (κ2) is 4.12. The highest BCUT2D eigenvalue weighted by Crippen LogP contribution is 2.23. The largest absolute Gasteiger partial charge is 0.397 e. The third-order valence-corrected chi connectivity index (χ3v) is 2.10. The molecule has 0 aromatic heterocycles. The van der Waals surface area contributed by atoms with E-state index < -0.39 is 0 Å². The van der Waals surface area contributed by atoms with Gasteiger partial charge in [0.2, 0.25) is 0 Å². The van der Waals surface area contributed by atoms with E-state index in [1.807, 2.05) is 18.7 Å². The summed E-state index contributed by atoms with van der Waals surface area (Å²) >= 11 is 0. The van der Waals surface area contributed by atoms with Gasteiger partial charge in [0.05, 0.1) is 11.4 Å². The predicted octanol–water partition coefficient (Wildman–Crippen LogP) is 2.25. The number of benzene rings is 1. The highest BCUT2D eigenvalue weighted by atomic mass is 19.1. The molecule has 0 aliphatic rings. The van der Waals surface area contributed by atoms with Gasteiger partial charge in [-0.3, -0.25) is 0 Å². The molecule has 0 bridgehead atoms. The monoisotopic (exact) mass is 182 g/mol. The standard InChI is InChI=1S/C10H15FN2/c1-3-13(4-2)10-7-8(11)5-6-9(10)12/h5-7H,3-4,12H2,1-2H3. The van der Waals surface area contributed by atoms with Crippen LogP contribution in [0.3, 0.4) is 0 Å². The Balaban J connectivity index is 3.03. The molecule has 1 aromatic carbocycles. The lowest BCUT2D eigenvalue weighted by atomic mass is 10.2. The lowest BCUT2D eigenvalue weighted by Gasteiger charge is -2.22. The molecule has 1 rings (SSSR count). The molecule has 0 unspecified atom stereocenters. The first kappa shape index (κ1) is 9.84. The van der Waals surface area contributed by atoms with Gasteiger partial charge in [-0.2, -0.15) is 0 Å². The van der Waals surface area contributed by atoms with Crippen LogP contribution in [0.1, 0.15) is 13.8 Å². The van der Waals surface area contributed by atoms with Crippen LogP contribution in [0.5, 0.6) is 0 Å². The minimum atomic E-state index is -0.240. The molecule has 0 fully saturated rings. The molecule has 0 saturated heterocycles. The fourth-order valence-corrected chi connectivity index (χ4v) is 1.35. The topological polar surface area (TPSA) is 29.3 Å². The van der Waals surface area contributed by atoms with Crippen LogP contribution in [-0.2, 0) is 0 Å². The summed E-state index contributed by atoms with van der Waals surface area (Å²) in [6.45, 7) is 5.72. The summed E-state index contributed by atoms with van der Waals surface area (Å²) in [5.74, 6) is -0.240. The SMILES string of the molecule is CCN(CC)c1cc(F)ccc1N. The number of nitrogens with zero attached hydrogens (tertiary/aromatic N) is 1. The summed E-state index contributed by atoms with van der Waals surface area (Å²) in [5, 5.41) is 0. The third-order valence-electron chi connectivity index (χ3n) is 2.10. The van der Waals surface area contributed by atoms with Crippen molar-refractivity contribution < 1.29 is 4.39 Å². The molecule has 0 radical (unpaired) electrons. The van der Waals surface area contributed by atoms with E-state index in [9.17, 15) is 4.39 Å². The van der Waals surface area contributed by atoms with Crippen LogP contribution >= 0.6 is 0 Å². The fraction of sp³-hybridized carbons (Fsp3) is 0.400. The second-order valence-corrected chi connectivity index (χ2v) is 2.88. The summed E-state index contributed by atoms with van der Waals surface area (Å²) in [4.78, 5) is 2.03. The van der Waals surface area contributed by atoms with Crippen LogP contribution in [0.15, 0.2) is 18.2 Å². The summed E-state index contributed by atoms with van der Waals surface area (Å²) in [6, 6.07) is 4.45. The van der Waals surface area contributed by atoms with Gasteiger partial charge in [0, 0.05) is 13.1 Å². The number of hydrogen-bond donors (Lipinski definition) is 1. The first-order valence-electron chi connectivity index (χ1n) is 4.49. The molecular formula is C10H15FN2. The van der Waals surface area contributed by atoms with E-state index in [4.69, 9.17) is 5.73 Å². The minimum Gasteiger partial charge on any atom is -0.397 e. The van der Waals surface area contributed by atoms with Crippen LogP contribution in [0, 0.1) is 5.82 Å². The molecule has 0 amide bonds.